The van der Waals surface area contributed by atoms with Gasteiger partial charge >= 0.3 is 5.97 Å². The zero-order chi connectivity index (χ0) is 11.8. The minimum atomic E-state index is -1.00. The maximum absolute atomic E-state index is 11.7. The predicted octanol–water partition coefficient (Wildman–Crippen LogP) is 0.381. The lowest BCUT2D eigenvalue weighted by Crippen LogP contribution is -2.61. The standard InChI is InChI=1S/C11H18N2O3/c12-10(3-1-4-10)7-8(14)13-11(9(15)16)5-2-6-11/h1-7,12H2,(H,13,14)(H,15,16). The second-order valence-corrected chi connectivity index (χ2v) is 5.18. The summed E-state index contributed by atoms with van der Waals surface area (Å²) >= 11 is 0. The Morgan fingerprint density at radius 3 is 2.06 bits per heavy atom. The molecule has 2 rings (SSSR count). The van der Waals surface area contributed by atoms with Gasteiger partial charge in [0.25, 0.3) is 0 Å². The smallest absolute Gasteiger partial charge is 0.329 e. The van der Waals surface area contributed by atoms with Crippen molar-refractivity contribution in [3.63, 3.8) is 0 Å². The summed E-state index contributed by atoms with van der Waals surface area (Å²) in [6, 6.07) is 0. The summed E-state index contributed by atoms with van der Waals surface area (Å²) in [6.45, 7) is 0. The summed E-state index contributed by atoms with van der Waals surface area (Å²) in [6.07, 6.45) is 4.97. The minimum Gasteiger partial charge on any atom is -0.480 e. The van der Waals surface area contributed by atoms with Crippen molar-refractivity contribution in [1.82, 2.24) is 5.32 Å². The van der Waals surface area contributed by atoms with Crippen LogP contribution in [0, 0.1) is 0 Å². The van der Waals surface area contributed by atoms with Gasteiger partial charge in [0.2, 0.25) is 5.91 Å². The van der Waals surface area contributed by atoms with Crippen LogP contribution in [0.1, 0.15) is 44.9 Å². The first-order valence-electron chi connectivity index (χ1n) is 5.79. The third kappa shape index (κ3) is 1.91. The molecule has 0 saturated heterocycles. The average molecular weight is 226 g/mol. The summed E-state index contributed by atoms with van der Waals surface area (Å²) in [7, 11) is 0. The SMILES string of the molecule is NC1(CC(=O)NC2(C(=O)O)CCC2)CCC1. The molecule has 2 aliphatic carbocycles. The largest absolute Gasteiger partial charge is 0.480 e. The third-order valence-corrected chi connectivity index (χ3v) is 3.86. The third-order valence-electron chi connectivity index (χ3n) is 3.86. The molecule has 2 fully saturated rings. The lowest BCUT2D eigenvalue weighted by Gasteiger charge is -2.41. The summed E-state index contributed by atoms with van der Waals surface area (Å²) < 4.78 is 0. The molecule has 1 amide bonds. The van der Waals surface area contributed by atoms with E-state index in [0.717, 1.165) is 25.7 Å². The van der Waals surface area contributed by atoms with Crippen LogP contribution in [-0.4, -0.2) is 28.1 Å². The van der Waals surface area contributed by atoms with E-state index in [-0.39, 0.29) is 17.9 Å². The minimum absolute atomic E-state index is 0.218. The molecule has 0 aromatic heterocycles. The fourth-order valence-electron chi connectivity index (χ4n) is 2.36. The highest BCUT2D eigenvalue weighted by Crippen LogP contribution is 2.35. The molecule has 2 aliphatic rings. The first-order chi connectivity index (χ1) is 7.46. The molecule has 90 valence electrons. The topological polar surface area (TPSA) is 92.4 Å². The normalized spacial score (nSPS) is 25.1. The van der Waals surface area contributed by atoms with Gasteiger partial charge in [-0.25, -0.2) is 4.79 Å². The van der Waals surface area contributed by atoms with Gasteiger partial charge in [0.05, 0.1) is 0 Å². The molecule has 0 bridgehead atoms. The van der Waals surface area contributed by atoms with Crippen LogP contribution in [0.3, 0.4) is 0 Å². The maximum Gasteiger partial charge on any atom is 0.329 e. The van der Waals surface area contributed by atoms with E-state index in [0.29, 0.717) is 12.8 Å². The number of amides is 1. The molecule has 2 saturated carbocycles. The second kappa shape index (κ2) is 3.73. The van der Waals surface area contributed by atoms with Gasteiger partial charge in [-0.05, 0) is 38.5 Å². The summed E-state index contributed by atoms with van der Waals surface area (Å²) in [4.78, 5) is 22.8. The molecule has 0 heterocycles. The Balaban J connectivity index is 1.89. The number of rotatable bonds is 4. The van der Waals surface area contributed by atoms with E-state index >= 15 is 0 Å². The maximum atomic E-state index is 11.7. The van der Waals surface area contributed by atoms with Gasteiger partial charge < -0.3 is 16.2 Å². The van der Waals surface area contributed by atoms with Crippen molar-refractivity contribution in [3.8, 4) is 0 Å². The van der Waals surface area contributed by atoms with Gasteiger partial charge in [-0.3, -0.25) is 4.79 Å². The number of hydrogen-bond donors (Lipinski definition) is 3. The molecule has 5 nitrogen and oxygen atoms in total. The highest BCUT2D eigenvalue weighted by molar-refractivity contribution is 5.88. The number of hydrogen-bond acceptors (Lipinski definition) is 3. The van der Waals surface area contributed by atoms with E-state index in [2.05, 4.69) is 5.32 Å². The van der Waals surface area contributed by atoms with Gasteiger partial charge in [0, 0.05) is 12.0 Å². The van der Waals surface area contributed by atoms with Gasteiger partial charge in [-0.1, -0.05) is 0 Å². The van der Waals surface area contributed by atoms with Crippen molar-refractivity contribution in [1.29, 1.82) is 0 Å². The Kier molecular flexibility index (Phi) is 2.66. The lowest BCUT2D eigenvalue weighted by molar-refractivity contribution is -0.152. The average Bonchev–Trinajstić information content (AvgIpc) is 2.08. The van der Waals surface area contributed by atoms with Gasteiger partial charge in [0.1, 0.15) is 5.54 Å². The zero-order valence-corrected chi connectivity index (χ0v) is 9.29. The van der Waals surface area contributed by atoms with Gasteiger partial charge in [-0.2, -0.15) is 0 Å². The molecule has 0 aromatic rings. The number of carbonyl (C=O) groups is 2. The molecular weight excluding hydrogens is 208 g/mol. The molecular formula is C11H18N2O3. The number of aliphatic carboxylic acids is 1. The molecule has 0 unspecified atom stereocenters. The van der Waals surface area contributed by atoms with Crippen molar-refractivity contribution >= 4 is 11.9 Å². The molecule has 16 heavy (non-hydrogen) atoms. The Hall–Kier alpha value is -1.10. The predicted molar refractivity (Wildman–Crippen MR) is 57.7 cm³/mol. The fraction of sp³-hybridized carbons (Fsp3) is 0.818. The fourth-order valence-corrected chi connectivity index (χ4v) is 2.36. The van der Waals surface area contributed by atoms with Crippen molar-refractivity contribution in [3.05, 3.63) is 0 Å². The van der Waals surface area contributed by atoms with Crippen LogP contribution in [0.5, 0.6) is 0 Å². The van der Waals surface area contributed by atoms with E-state index < -0.39 is 11.5 Å². The van der Waals surface area contributed by atoms with Crippen LogP contribution >= 0.6 is 0 Å². The second-order valence-electron chi connectivity index (χ2n) is 5.18. The van der Waals surface area contributed by atoms with Crippen molar-refractivity contribution in [2.45, 2.75) is 56.0 Å². The Morgan fingerprint density at radius 2 is 1.75 bits per heavy atom. The molecule has 0 aliphatic heterocycles. The van der Waals surface area contributed by atoms with Crippen LogP contribution in [0.15, 0.2) is 0 Å². The number of nitrogens with two attached hydrogens (primary N) is 1. The van der Waals surface area contributed by atoms with E-state index in [1.165, 1.54) is 0 Å². The Labute approximate surface area is 94.4 Å². The number of carboxylic acid groups (broad SMARTS) is 1. The summed E-state index contributed by atoms with van der Waals surface area (Å²) in [5.41, 5.74) is 4.57. The van der Waals surface area contributed by atoms with Crippen LogP contribution < -0.4 is 11.1 Å². The van der Waals surface area contributed by atoms with Crippen molar-refractivity contribution in [2.24, 2.45) is 5.73 Å². The molecule has 4 N–H and O–H groups in total. The van der Waals surface area contributed by atoms with Crippen molar-refractivity contribution < 1.29 is 14.7 Å². The quantitative estimate of drug-likeness (QED) is 0.646. The van der Waals surface area contributed by atoms with E-state index in [4.69, 9.17) is 10.8 Å². The van der Waals surface area contributed by atoms with E-state index in [1.54, 1.807) is 0 Å². The van der Waals surface area contributed by atoms with Crippen molar-refractivity contribution in [2.75, 3.05) is 0 Å². The zero-order valence-electron chi connectivity index (χ0n) is 9.29. The number of nitrogens with one attached hydrogen (secondary N) is 1. The molecule has 0 aromatic carbocycles. The van der Waals surface area contributed by atoms with E-state index in [9.17, 15) is 9.59 Å². The molecule has 0 spiro atoms. The summed E-state index contributed by atoms with van der Waals surface area (Å²) in [5.74, 6) is -1.14. The number of carbonyl (C=O) groups excluding carboxylic acids is 1. The van der Waals surface area contributed by atoms with Gasteiger partial charge in [0.15, 0.2) is 0 Å². The van der Waals surface area contributed by atoms with Crippen LogP contribution in [0.25, 0.3) is 0 Å². The highest BCUT2D eigenvalue weighted by Gasteiger charge is 2.46. The monoisotopic (exact) mass is 226 g/mol. The van der Waals surface area contributed by atoms with Crippen LogP contribution in [0.2, 0.25) is 0 Å². The number of carboxylic acids is 1. The highest BCUT2D eigenvalue weighted by atomic mass is 16.4. The molecule has 5 heteroatoms. The van der Waals surface area contributed by atoms with Crippen LogP contribution in [0.4, 0.5) is 0 Å². The summed E-state index contributed by atoms with van der Waals surface area (Å²) in [5, 5.41) is 11.7. The first-order valence-corrected chi connectivity index (χ1v) is 5.79. The Bertz CT molecular complexity index is 319. The Morgan fingerprint density at radius 1 is 1.19 bits per heavy atom. The first kappa shape index (κ1) is 11.4. The van der Waals surface area contributed by atoms with Gasteiger partial charge in [-0.15, -0.1) is 0 Å². The van der Waals surface area contributed by atoms with E-state index in [1.807, 2.05) is 0 Å². The molecule has 0 radical (unpaired) electrons. The molecule has 0 atom stereocenters. The lowest BCUT2D eigenvalue weighted by atomic mass is 9.73. The van der Waals surface area contributed by atoms with Crippen LogP contribution in [-0.2, 0) is 9.59 Å².